The monoisotopic (exact) mass is 208 g/mol. The summed E-state index contributed by atoms with van der Waals surface area (Å²) in [6.07, 6.45) is 1.49. The highest BCUT2D eigenvalue weighted by Crippen LogP contribution is 2.08. The van der Waals surface area contributed by atoms with Crippen molar-refractivity contribution >= 4 is 0 Å². The number of aromatic nitrogens is 1. The third kappa shape index (κ3) is 3.61. The van der Waals surface area contributed by atoms with Crippen LogP contribution in [0.4, 0.5) is 0 Å². The molecule has 15 heavy (non-hydrogen) atoms. The van der Waals surface area contributed by atoms with Crippen LogP contribution in [0, 0.1) is 0 Å². The van der Waals surface area contributed by atoms with E-state index in [-0.39, 0.29) is 12.1 Å². The maximum absolute atomic E-state index is 9.54. The van der Waals surface area contributed by atoms with Gasteiger partial charge in [0.1, 0.15) is 0 Å². The molecule has 0 spiro atoms. The van der Waals surface area contributed by atoms with E-state index in [1.807, 2.05) is 32.0 Å². The fraction of sp³-hybridized carbons (Fsp3) is 0.583. The van der Waals surface area contributed by atoms with Crippen LogP contribution in [0.25, 0.3) is 0 Å². The smallest absolute Gasteiger partial charge is 0.0664 e. The van der Waals surface area contributed by atoms with E-state index in [9.17, 15) is 5.11 Å². The number of aliphatic hydroxyl groups excluding tert-OH is 1. The van der Waals surface area contributed by atoms with Gasteiger partial charge in [0.25, 0.3) is 0 Å². The van der Waals surface area contributed by atoms with Gasteiger partial charge < -0.3 is 5.11 Å². The fourth-order valence-electron chi connectivity index (χ4n) is 1.55. The van der Waals surface area contributed by atoms with Crippen molar-refractivity contribution in [3.05, 3.63) is 30.1 Å². The molecule has 0 saturated carbocycles. The number of pyridine rings is 1. The highest BCUT2D eigenvalue weighted by atomic mass is 16.3. The van der Waals surface area contributed by atoms with Crippen LogP contribution >= 0.6 is 0 Å². The van der Waals surface area contributed by atoms with Crippen LogP contribution in [0.5, 0.6) is 0 Å². The Morgan fingerprint density at radius 1 is 1.40 bits per heavy atom. The van der Waals surface area contributed by atoms with Crippen LogP contribution in [-0.2, 0) is 6.54 Å². The lowest BCUT2D eigenvalue weighted by Crippen LogP contribution is -2.39. The van der Waals surface area contributed by atoms with Crippen molar-refractivity contribution < 1.29 is 5.11 Å². The highest BCUT2D eigenvalue weighted by molar-refractivity contribution is 5.03. The Morgan fingerprint density at radius 2 is 2.13 bits per heavy atom. The molecule has 0 bridgehead atoms. The first kappa shape index (κ1) is 12.1. The van der Waals surface area contributed by atoms with Gasteiger partial charge in [-0.05, 0) is 32.5 Å². The average molecular weight is 208 g/mol. The van der Waals surface area contributed by atoms with Crippen LogP contribution < -0.4 is 0 Å². The second-order valence-corrected chi connectivity index (χ2v) is 3.87. The van der Waals surface area contributed by atoms with E-state index in [4.69, 9.17) is 0 Å². The minimum atomic E-state index is -0.311. The third-order valence-corrected chi connectivity index (χ3v) is 2.77. The lowest BCUT2D eigenvalue weighted by atomic mass is 10.1. The fourth-order valence-corrected chi connectivity index (χ4v) is 1.55. The number of hydrogen-bond acceptors (Lipinski definition) is 3. The molecule has 0 aliphatic heterocycles. The summed E-state index contributed by atoms with van der Waals surface area (Å²) in [5, 5.41) is 9.54. The first-order valence-electron chi connectivity index (χ1n) is 5.47. The van der Waals surface area contributed by atoms with Gasteiger partial charge in [-0.25, -0.2) is 0 Å². The molecule has 0 radical (unpaired) electrons. The lowest BCUT2D eigenvalue weighted by molar-refractivity contribution is 0.0687. The lowest BCUT2D eigenvalue weighted by Gasteiger charge is -2.29. The maximum Gasteiger partial charge on any atom is 0.0664 e. The predicted octanol–water partition coefficient (Wildman–Crippen LogP) is 1.67. The van der Waals surface area contributed by atoms with Gasteiger partial charge in [-0.15, -0.1) is 0 Å². The van der Waals surface area contributed by atoms with Crippen molar-refractivity contribution in [1.29, 1.82) is 0 Å². The topological polar surface area (TPSA) is 36.4 Å². The number of likely N-dealkylation sites (N-methyl/N-ethyl adjacent to an activating group) is 1. The molecule has 2 atom stereocenters. The SMILES string of the molecule is CCN(Cc1ccccn1)C(C)C(C)O. The second kappa shape index (κ2) is 5.83. The van der Waals surface area contributed by atoms with E-state index in [1.165, 1.54) is 0 Å². The summed E-state index contributed by atoms with van der Waals surface area (Å²) in [5.74, 6) is 0. The second-order valence-electron chi connectivity index (χ2n) is 3.87. The number of hydrogen-bond donors (Lipinski definition) is 1. The van der Waals surface area contributed by atoms with E-state index in [1.54, 1.807) is 6.20 Å². The van der Waals surface area contributed by atoms with E-state index in [2.05, 4.69) is 16.8 Å². The minimum absolute atomic E-state index is 0.164. The number of rotatable bonds is 5. The molecule has 1 aromatic heterocycles. The Hall–Kier alpha value is -0.930. The van der Waals surface area contributed by atoms with E-state index < -0.39 is 0 Å². The average Bonchev–Trinajstić information content (AvgIpc) is 2.26. The number of aliphatic hydroxyl groups is 1. The zero-order valence-corrected chi connectivity index (χ0v) is 9.72. The van der Waals surface area contributed by atoms with Crippen LogP contribution in [0.3, 0.4) is 0 Å². The summed E-state index contributed by atoms with van der Waals surface area (Å²) in [4.78, 5) is 6.50. The van der Waals surface area contributed by atoms with Gasteiger partial charge in [0, 0.05) is 18.8 Å². The molecule has 3 heteroatoms. The summed E-state index contributed by atoms with van der Waals surface area (Å²) in [6, 6.07) is 6.08. The molecule has 0 aliphatic rings. The molecule has 0 saturated heterocycles. The van der Waals surface area contributed by atoms with Gasteiger partial charge in [-0.2, -0.15) is 0 Å². The molecule has 0 aliphatic carbocycles. The molecule has 0 amide bonds. The third-order valence-electron chi connectivity index (χ3n) is 2.77. The van der Waals surface area contributed by atoms with Crippen LogP contribution in [-0.4, -0.2) is 33.7 Å². The van der Waals surface area contributed by atoms with E-state index in [0.717, 1.165) is 18.8 Å². The quantitative estimate of drug-likeness (QED) is 0.799. The van der Waals surface area contributed by atoms with E-state index in [0.29, 0.717) is 0 Å². The van der Waals surface area contributed by atoms with Crippen molar-refractivity contribution in [2.24, 2.45) is 0 Å². The summed E-state index contributed by atoms with van der Waals surface area (Å²) in [5.41, 5.74) is 1.05. The van der Waals surface area contributed by atoms with Crippen LogP contribution in [0.1, 0.15) is 26.5 Å². The van der Waals surface area contributed by atoms with Gasteiger partial charge in [0.15, 0.2) is 0 Å². The van der Waals surface area contributed by atoms with Crippen molar-refractivity contribution in [2.45, 2.75) is 39.5 Å². The van der Waals surface area contributed by atoms with Crippen molar-refractivity contribution in [3.8, 4) is 0 Å². The van der Waals surface area contributed by atoms with Crippen molar-refractivity contribution in [3.63, 3.8) is 0 Å². The summed E-state index contributed by atoms with van der Waals surface area (Å²) in [6.45, 7) is 7.68. The molecule has 2 unspecified atom stereocenters. The first-order valence-corrected chi connectivity index (χ1v) is 5.47. The number of nitrogens with zero attached hydrogens (tertiary/aromatic N) is 2. The molecule has 1 heterocycles. The first-order chi connectivity index (χ1) is 7.15. The summed E-state index contributed by atoms with van der Waals surface area (Å²) in [7, 11) is 0. The molecule has 1 N–H and O–H groups in total. The van der Waals surface area contributed by atoms with Gasteiger partial charge in [0.05, 0.1) is 11.8 Å². The normalized spacial score (nSPS) is 15.3. The molecule has 3 nitrogen and oxygen atoms in total. The van der Waals surface area contributed by atoms with Gasteiger partial charge in [0.2, 0.25) is 0 Å². The Bertz CT molecular complexity index is 274. The molecular formula is C12H20N2O. The van der Waals surface area contributed by atoms with Crippen LogP contribution in [0.2, 0.25) is 0 Å². The molecule has 0 fully saturated rings. The molecule has 0 aromatic carbocycles. The molecular weight excluding hydrogens is 188 g/mol. The summed E-state index contributed by atoms with van der Waals surface area (Å²) < 4.78 is 0. The largest absolute Gasteiger partial charge is 0.392 e. The van der Waals surface area contributed by atoms with Crippen molar-refractivity contribution in [2.75, 3.05) is 6.54 Å². The standard InChI is InChI=1S/C12H20N2O/c1-4-14(10(2)11(3)15)9-12-7-5-6-8-13-12/h5-8,10-11,15H,4,9H2,1-3H3. The zero-order valence-electron chi connectivity index (χ0n) is 9.72. The predicted molar refractivity (Wildman–Crippen MR) is 61.5 cm³/mol. The molecule has 1 aromatic rings. The minimum Gasteiger partial charge on any atom is -0.392 e. The Morgan fingerprint density at radius 3 is 2.60 bits per heavy atom. The highest BCUT2D eigenvalue weighted by Gasteiger charge is 2.17. The maximum atomic E-state index is 9.54. The summed E-state index contributed by atoms with van der Waals surface area (Å²) >= 11 is 0. The van der Waals surface area contributed by atoms with Crippen LogP contribution in [0.15, 0.2) is 24.4 Å². The molecule has 1 rings (SSSR count). The van der Waals surface area contributed by atoms with E-state index >= 15 is 0 Å². The molecule has 84 valence electrons. The Balaban J connectivity index is 2.62. The van der Waals surface area contributed by atoms with Gasteiger partial charge >= 0.3 is 0 Å². The van der Waals surface area contributed by atoms with Crippen molar-refractivity contribution in [1.82, 2.24) is 9.88 Å². The Kier molecular flexibility index (Phi) is 4.72. The zero-order chi connectivity index (χ0) is 11.3. The Labute approximate surface area is 91.8 Å². The van der Waals surface area contributed by atoms with Gasteiger partial charge in [-0.3, -0.25) is 9.88 Å². The van der Waals surface area contributed by atoms with Gasteiger partial charge in [-0.1, -0.05) is 13.0 Å².